The van der Waals surface area contributed by atoms with Crippen molar-refractivity contribution in [2.75, 3.05) is 13.7 Å². The van der Waals surface area contributed by atoms with Crippen LogP contribution in [0.15, 0.2) is 24.3 Å². The SMILES string of the molecule is COC1CC(CC(=O)O)N(C(=O)C2(c3cccc(C)c3)CCCC2)C1. The molecule has 1 aromatic rings. The maximum Gasteiger partial charge on any atom is 0.305 e. The Morgan fingerprint density at radius 1 is 1.32 bits per heavy atom. The highest BCUT2D eigenvalue weighted by Gasteiger charge is 2.49. The number of methoxy groups -OCH3 is 1. The summed E-state index contributed by atoms with van der Waals surface area (Å²) in [6.45, 7) is 2.53. The fraction of sp³-hybridized carbons (Fsp3) is 0.600. The quantitative estimate of drug-likeness (QED) is 0.891. The predicted molar refractivity (Wildman–Crippen MR) is 94.5 cm³/mol. The van der Waals surface area contributed by atoms with Crippen LogP contribution in [0.4, 0.5) is 0 Å². The van der Waals surface area contributed by atoms with Gasteiger partial charge in [0, 0.05) is 19.7 Å². The second kappa shape index (κ2) is 7.16. The number of carboxylic acid groups (broad SMARTS) is 1. The van der Waals surface area contributed by atoms with E-state index in [0.717, 1.165) is 36.8 Å². The number of hydrogen-bond donors (Lipinski definition) is 1. The Morgan fingerprint density at radius 3 is 2.64 bits per heavy atom. The van der Waals surface area contributed by atoms with Crippen LogP contribution in [0, 0.1) is 6.92 Å². The first-order valence-corrected chi connectivity index (χ1v) is 9.09. The Morgan fingerprint density at radius 2 is 2.04 bits per heavy atom. The van der Waals surface area contributed by atoms with Gasteiger partial charge in [-0.25, -0.2) is 0 Å². The molecule has 2 fully saturated rings. The number of aryl methyl sites for hydroxylation is 1. The number of ether oxygens (including phenoxy) is 1. The molecule has 0 bridgehead atoms. The van der Waals surface area contributed by atoms with Crippen LogP contribution in [-0.4, -0.2) is 47.7 Å². The molecule has 5 heteroatoms. The molecule has 0 radical (unpaired) electrons. The number of hydrogen-bond acceptors (Lipinski definition) is 3. The number of nitrogens with zero attached hydrogens (tertiary/aromatic N) is 1. The van der Waals surface area contributed by atoms with E-state index in [9.17, 15) is 14.7 Å². The first-order chi connectivity index (χ1) is 12.0. The van der Waals surface area contributed by atoms with Crippen molar-refractivity contribution in [3.05, 3.63) is 35.4 Å². The number of likely N-dealkylation sites (tertiary alicyclic amines) is 1. The molecule has 2 aliphatic rings. The van der Waals surface area contributed by atoms with Crippen molar-refractivity contribution in [1.29, 1.82) is 0 Å². The fourth-order valence-corrected chi connectivity index (χ4v) is 4.51. The third-order valence-corrected chi connectivity index (χ3v) is 5.82. The highest BCUT2D eigenvalue weighted by Crippen LogP contribution is 2.44. The highest BCUT2D eigenvalue weighted by molar-refractivity contribution is 5.89. The molecule has 0 aromatic heterocycles. The van der Waals surface area contributed by atoms with E-state index < -0.39 is 11.4 Å². The van der Waals surface area contributed by atoms with E-state index in [1.165, 1.54) is 0 Å². The average molecular weight is 345 g/mol. The number of carbonyl (C=O) groups excluding carboxylic acids is 1. The van der Waals surface area contributed by atoms with Gasteiger partial charge in [0.15, 0.2) is 0 Å². The van der Waals surface area contributed by atoms with Crippen LogP contribution in [0.3, 0.4) is 0 Å². The molecule has 2 atom stereocenters. The van der Waals surface area contributed by atoms with Gasteiger partial charge in [-0.3, -0.25) is 9.59 Å². The molecule has 25 heavy (non-hydrogen) atoms. The molecule has 0 spiro atoms. The van der Waals surface area contributed by atoms with Gasteiger partial charge >= 0.3 is 5.97 Å². The molecule has 1 saturated heterocycles. The van der Waals surface area contributed by atoms with Crippen molar-refractivity contribution in [3.63, 3.8) is 0 Å². The summed E-state index contributed by atoms with van der Waals surface area (Å²) in [6.07, 6.45) is 4.24. The standard InChI is InChI=1S/C20H27NO4/c1-14-6-5-7-15(10-14)20(8-3-4-9-20)19(24)21-13-17(25-2)11-16(21)12-18(22)23/h5-7,10,16-17H,3-4,8-9,11-13H2,1-2H3,(H,22,23). The third kappa shape index (κ3) is 3.43. The molecule has 1 aliphatic heterocycles. The van der Waals surface area contributed by atoms with Crippen molar-refractivity contribution >= 4 is 11.9 Å². The molecule has 1 aliphatic carbocycles. The topological polar surface area (TPSA) is 66.8 Å². The summed E-state index contributed by atoms with van der Waals surface area (Å²) in [5.74, 6) is -0.781. The van der Waals surface area contributed by atoms with Crippen molar-refractivity contribution in [2.24, 2.45) is 0 Å². The monoisotopic (exact) mass is 345 g/mol. The van der Waals surface area contributed by atoms with E-state index in [0.29, 0.717) is 13.0 Å². The zero-order chi connectivity index (χ0) is 18.0. The van der Waals surface area contributed by atoms with Gasteiger partial charge in [0.2, 0.25) is 5.91 Å². The van der Waals surface area contributed by atoms with Crippen LogP contribution >= 0.6 is 0 Å². The van der Waals surface area contributed by atoms with Gasteiger partial charge in [0.1, 0.15) is 0 Å². The number of carbonyl (C=O) groups is 2. The van der Waals surface area contributed by atoms with Crippen molar-refractivity contribution in [2.45, 2.75) is 63.0 Å². The molecule has 5 nitrogen and oxygen atoms in total. The smallest absolute Gasteiger partial charge is 0.305 e. The van der Waals surface area contributed by atoms with Crippen LogP contribution in [-0.2, 0) is 19.7 Å². The summed E-state index contributed by atoms with van der Waals surface area (Å²) in [4.78, 5) is 26.7. The van der Waals surface area contributed by atoms with Crippen LogP contribution < -0.4 is 0 Å². The van der Waals surface area contributed by atoms with Crippen molar-refractivity contribution < 1.29 is 19.4 Å². The van der Waals surface area contributed by atoms with Crippen LogP contribution in [0.5, 0.6) is 0 Å². The predicted octanol–water partition coefficient (Wildman–Crippen LogP) is 2.90. The summed E-state index contributed by atoms with van der Waals surface area (Å²) < 4.78 is 5.44. The van der Waals surface area contributed by atoms with Gasteiger partial charge in [-0.1, -0.05) is 42.7 Å². The summed E-state index contributed by atoms with van der Waals surface area (Å²) in [6, 6.07) is 7.93. The van der Waals surface area contributed by atoms with Gasteiger partial charge < -0.3 is 14.7 Å². The lowest BCUT2D eigenvalue weighted by atomic mass is 9.77. The molecular weight excluding hydrogens is 318 g/mol. The van der Waals surface area contributed by atoms with E-state index >= 15 is 0 Å². The molecule has 3 rings (SSSR count). The van der Waals surface area contributed by atoms with Crippen molar-refractivity contribution in [3.8, 4) is 0 Å². The number of rotatable bonds is 5. The minimum atomic E-state index is -0.865. The van der Waals surface area contributed by atoms with Crippen LogP contribution in [0.25, 0.3) is 0 Å². The Kier molecular flexibility index (Phi) is 5.13. The molecule has 1 heterocycles. The van der Waals surface area contributed by atoms with Gasteiger partial charge in [0.05, 0.1) is 17.9 Å². The zero-order valence-corrected chi connectivity index (χ0v) is 15.0. The normalized spacial score (nSPS) is 25.3. The summed E-state index contributed by atoms with van der Waals surface area (Å²) in [7, 11) is 1.63. The Labute approximate surface area is 149 Å². The zero-order valence-electron chi connectivity index (χ0n) is 15.0. The van der Waals surface area contributed by atoms with E-state index in [2.05, 4.69) is 6.07 Å². The van der Waals surface area contributed by atoms with E-state index in [1.54, 1.807) is 12.0 Å². The first-order valence-electron chi connectivity index (χ1n) is 9.09. The van der Waals surface area contributed by atoms with Gasteiger partial charge in [-0.15, -0.1) is 0 Å². The van der Waals surface area contributed by atoms with E-state index in [4.69, 9.17) is 4.74 Å². The lowest BCUT2D eigenvalue weighted by Gasteiger charge is -2.35. The second-order valence-corrected chi connectivity index (χ2v) is 7.46. The van der Waals surface area contributed by atoms with Crippen LogP contribution in [0.1, 0.15) is 49.7 Å². The lowest BCUT2D eigenvalue weighted by molar-refractivity contribution is -0.142. The van der Waals surface area contributed by atoms with E-state index in [-0.39, 0.29) is 24.5 Å². The van der Waals surface area contributed by atoms with Crippen LogP contribution in [0.2, 0.25) is 0 Å². The maximum absolute atomic E-state index is 13.6. The number of carboxylic acids is 1. The summed E-state index contributed by atoms with van der Waals surface area (Å²) in [5, 5.41) is 9.24. The van der Waals surface area contributed by atoms with Gasteiger partial charge in [-0.2, -0.15) is 0 Å². The fourth-order valence-electron chi connectivity index (χ4n) is 4.51. The molecule has 1 N–H and O–H groups in total. The minimum absolute atomic E-state index is 0.0184. The molecule has 1 amide bonds. The average Bonchev–Trinajstić information content (AvgIpc) is 3.21. The molecule has 1 aromatic carbocycles. The summed E-state index contributed by atoms with van der Waals surface area (Å²) >= 11 is 0. The van der Waals surface area contributed by atoms with Crippen molar-refractivity contribution in [1.82, 2.24) is 4.90 Å². The molecular formula is C20H27NO4. The highest BCUT2D eigenvalue weighted by atomic mass is 16.5. The second-order valence-electron chi connectivity index (χ2n) is 7.46. The number of aliphatic carboxylic acids is 1. The third-order valence-electron chi connectivity index (χ3n) is 5.82. The van der Waals surface area contributed by atoms with Gasteiger partial charge in [0.25, 0.3) is 0 Å². The lowest BCUT2D eigenvalue weighted by Crippen LogP contribution is -2.48. The first kappa shape index (κ1) is 17.9. The van der Waals surface area contributed by atoms with Gasteiger partial charge in [-0.05, 0) is 31.7 Å². The maximum atomic E-state index is 13.6. The summed E-state index contributed by atoms with van der Waals surface area (Å²) in [5.41, 5.74) is 1.71. The number of amides is 1. The Hall–Kier alpha value is -1.88. The van der Waals surface area contributed by atoms with E-state index in [1.807, 2.05) is 25.1 Å². The minimum Gasteiger partial charge on any atom is -0.481 e. The Bertz CT molecular complexity index is 651. The molecule has 1 saturated carbocycles. The molecule has 2 unspecified atom stereocenters. The largest absolute Gasteiger partial charge is 0.481 e. The Balaban J connectivity index is 1.93. The molecule has 136 valence electrons. The number of benzene rings is 1.